The zero-order valence-electron chi connectivity index (χ0n) is 20.4. The van der Waals surface area contributed by atoms with Crippen LogP contribution >= 0.6 is 0 Å². The first-order valence-electron chi connectivity index (χ1n) is 13.4. The minimum Gasteiger partial charge on any atom is -0.390 e. The molecule has 7 rings (SSSR count). The maximum absolute atomic E-state index is 11.2. The van der Waals surface area contributed by atoms with E-state index >= 15 is 0 Å². The zero-order valence-corrected chi connectivity index (χ0v) is 20.4. The molecule has 4 saturated carbocycles. The van der Waals surface area contributed by atoms with Gasteiger partial charge in [-0.2, -0.15) is 0 Å². The van der Waals surface area contributed by atoms with Gasteiger partial charge in [0.2, 0.25) is 0 Å². The molecule has 176 valence electrons. The molecule has 3 heteroatoms. The van der Waals surface area contributed by atoms with Gasteiger partial charge in [-0.15, -0.1) is 0 Å². The Morgan fingerprint density at radius 1 is 1.06 bits per heavy atom. The molecule has 1 spiro atoms. The number of rotatable bonds is 7. The summed E-state index contributed by atoms with van der Waals surface area (Å²) in [5.41, 5.74) is 1.94. The lowest BCUT2D eigenvalue weighted by Gasteiger charge is -2.76. The van der Waals surface area contributed by atoms with E-state index in [-0.39, 0.29) is 0 Å². The van der Waals surface area contributed by atoms with E-state index in [9.17, 15) is 5.11 Å². The third-order valence-electron chi connectivity index (χ3n) is 11.5. The van der Waals surface area contributed by atoms with Crippen molar-refractivity contribution >= 4 is 0 Å². The predicted molar refractivity (Wildman–Crippen MR) is 128 cm³/mol. The van der Waals surface area contributed by atoms with Crippen LogP contribution in [0.15, 0.2) is 30.3 Å². The first kappa shape index (κ1) is 21.6. The average molecular weight is 438 g/mol. The second-order valence-electron chi connectivity index (χ2n) is 12.8. The van der Waals surface area contributed by atoms with Crippen molar-refractivity contribution in [1.82, 2.24) is 5.32 Å². The van der Waals surface area contributed by atoms with E-state index in [1.807, 2.05) is 0 Å². The predicted octanol–water partition coefficient (Wildman–Crippen LogP) is 5.71. The summed E-state index contributed by atoms with van der Waals surface area (Å²) in [7, 11) is 0. The molecule has 4 aliphatic carbocycles. The Balaban J connectivity index is 1.29. The fourth-order valence-corrected chi connectivity index (χ4v) is 10.4. The number of aliphatic hydroxyl groups is 1. The SMILES string of the molecule is CC(C)(O)[C@H]1CC[C@@]2(C)C3CC[C@]45CCC[C@H]4[C@@]2(CCCOCc2ccccc2)[C@@H]1N[C@H]35. The van der Waals surface area contributed by atoms with Gasteiger partial charge >= 0.3 is 0 Å². The highest BCUT2D eigenvalue weighted by Gasteiger charge is 2.79. The normalized spacial score (nSPS) is 46.4. The van der Waals surface area contributed by atoms with Crippen molar-refractivity contribution < 1.29 is 9.84 Å². The molecule has 6 fully saturated rings. The second kappa shape index (κ2) is 7.30. The summed E-state index contributed by atoms with van der Waals surface area (Å²) >= 11 is 0. The van der Waals surface area contributed by atoms with Crippen molar-refractivity contribution in [1.29, 1.82) is 0 Å². The highest BCUT2D eigenvalue weighted by molar-refractivity contribution is 5.31. The third kappa shape index (κ3) is 2.71. The molecule has 1 unspecified atom stereocenters. The minimum absolute atomic E-state index is 0.318. The van der Waals surface area contributed by atoms with Crippen molar-refractivity contribution in [3.8, 4) is 0 Å². The molecule has 2 aliphatic heterocycles. The fourth-order valence-electron chi connectivity index (χ4n) is 10.4. The lowest BCUT2D eigenvalue weighted by Crippen LogP contribution is -2.81. The maximum atomic E-state index is 11.2. The van der Waals surface area contributed by atoms with Gasteiger partial charge in [0, 0.05) is 24.6 Å². The lowest BCUT2D eigenvalue weighted by molar-refractivity contribution is -0.258. The van der Waals surface area contributed by atoms with Gasteiger partial charge in [-0.05, 0) is 98.9 Å². The highest BCUT2D eigenvalue weighted by atomic mass is 16.5. The van der Waals surface area contributed by atoms with E-state index in [2.05, 4.69) is 56.4 Å². The monoisotopic (exact) mass is 437 g/mol. The van der Waals surface area contributed by atoms with Crippen LogP contribution in [0.4, 0.5) is 0 Å². The Morgan fingerprint density at radius 2 is 1.88 bits per heavy atom. The Labute approximate surface area is 194 Å². The standard InChI is InChI=1S/C29H43NO2/c1-26(2,31)21-12-16-27(3)22-13-17-28-14-7-11-23(28)29(27,25(21)30-24(22)28)15-8-18-32-19-20-9-5-4-6-10-20/h4-6,9-10,21-25,30-31H,7-8,11-19H2,1-3H3/t21-,22?,23+,24+,25+,27-,28+,29-/m0/s1. The molecule has 8 atom stereocenters. The van der Waals surface area contributed by atoms with Crippen LogP contribution in [-0.4, -0.2) is 29.4 Å². The number of hydrogen-bond donors (Lipinski definition) is 2. The molecule has 32 heavy (non-hydrogen) atoms. The summed E-state index contributed by atoms with van der Waals surface area (Å²) in [5.74, 6) is 2.04. The molecule has 2 N–H and O–H groups in total. The molecule has 0 aromatic heterocycles. The summed E-state index contributed by atoms with van der Waals surface area (Å²) in [6.07, 6.45) is 12.0. The van der Waals surface area contributed by atoms with Crippen LogP contribution in [0.5, 0.6) is 0 Å². The van der Waals surface area contributed by atoms with Crippen LogP contribution in [0.25, 0.3) is 0 Å². The Kier molecular flexibility index (Phi) is 4.93. The van der Waals surface area contributed by atoms with E-state index in [1.54, 1.807) is 0 Å². The van der Waals surface area contributed by atoms with Crippen molar-refractivity contribution in [2.45, 2.75) is 103 Å². The van der Waals surface area contributed by atoms with E-state index in [0.29, 0.717) is 34.2 Å². The fraction of sp³-hybridized carbons (Fsp3) is 0.793. The van der Waals surface area contributed by atoms with Crippen LogP contribution in [0.2, 0.25) is 0 Å². The van der Waals surface area contributed by atoms with Gasteiger partial charge in [0.15, 0.2) is 0 Å². The molecule has 0 radical (unpaired) electrons. The number of nitrogens with one attached hydrogen (secondary N) is 1. The van der Waals surface area contributed by atoms with Crippen molar-refractivity contribution in [3.63, 3.8) is 0 Å². The molecule has 1 aromatic rings. The lowest BCUT2D eigenvalue weighted by atomic mass is 9.33. The van der Waals surface area contributed by atoms with Crippen LogP contribution in [0.1, 0.15) is 84.1 Å². The van der Waals surface area contributed by atoms with Crippen molar-refractivity contribution in [2.24, 2.45) is 34.0 Å². The number of hydrogen-bond acceptors (Lipinski definition) is 3. The van der Waals surface area contributed by atoms with E-state index in [0.717, 1.165) is 31.5 Å². The van der Waals surface area contributed by atoms with Gasteiger partial charge in [0.25, 0.3) is 0 Å². The molecule has 2 saturated heterocycles. The summed E-state index contributed by atoms with van der Waals surface area (Å²) in [6.45, 7) is 8.38. The first-order chi connectivity index (χ1) is 15.3. The molecule has 6 bridgehead atoms. The van der Waals surface area contributed by atoms with Crippen LogP contribution in [0, 0.1) is 34.0 Å². The van der Waals surface area contributed by atoms with Gasteiger partial charge in [0.05, 0.1) is 12.2 Å². The maximum Gasteiger partial charge on any atom is 0.0716 e. The summed E-state index contributed by atoms with van der Waals surface area (Å²) in [5, 5.41) is 15.5. The Bertz CT molecular complexity index is 848. The smallest absolute Gasteiger partial charge is 0.0716 e. The van der Waals surface area contributed by atoms with Crippen LogP contribution in [0.3, 0.4) is 0 Å². The summed E-state index contributed by atoms with van der Waals surface area (Å²) in [6, 6.07) is 11.7. The van der Waals surface area contributed by atoms with Gasteiger partial charge < -0.3 is 15.2 Å². The van der Waals surface area contributed by atoms with Crippen molar-refractivity contribution in [3.05, 3.63) is 35.9 Å². The summed E-state index contributed by atoms with van der Waals surface area (Å²) in [4.78, 5) is 0. The number of piperidine rings is 2. The molecule has 3 nitrogen and oxygen atoms in total. The highest BCUT2D eigenvalue weighted by Crippen LogP contribution is 2.80. The van der Waals surface area contributed by atoms with Gasteiger partial charge in [-0.25, -0.2) is 0 Å². The van der Waals surface area contributed by atoms with Crippen LogP contribution in [-0.2, 0) is 11.3 Å². The van der Waals surface area contributed by atoms with Crippen LogP contribution < -0.4 is 5.32 Å². The largest absolute Gasteiger partial charge is 0.390 e. The number of ether oxygens (including phenoxy) is 1. The van der Waals surface area contributed by atoms with E-state index < -0.39 is 5.60 Å². The molecular weight excluding hydrogens is 394 g/mol. The topological polar surface area (TPSA) is 41.5 Å². The summed E-state index contributed by atoms with van der Waals surface area (Å²) < 4.78 is 6.17. The molecule has 6 aliphatic rings. The van der Waals surface area contributed by atoms with E-state index in [1.165, 1.54) is 56.9 Å². The first-order valence-corrected chi connectivity index (χ1v) is 13.4. The van der Waals surface area contributed by atoms with Gasteiger partial charge in [0.1, 0.15) is 0 Å². The molecular formula is C29H43NO2. The van der Waals surface area contributed by atoms with Gasteiger partial charge in [-0.1, -0.05) is 43.7 Å². The Hall–Kier alpha value is -0.900. The molecule has 1 aromatic carbocycles. The number of benzene rings is 1. The zero-order chi connectivity index (χ0) is 22.2. The molecule has 2 heterocycles. The minimum atomic E-state index is -0.613. The van der Waals surface area contributed by atoms with E-state index in [4.69, 9.17) is 4.74 Å². The van der Waals surface area contributed by atoms with Crippen molar-refractivity contribution in [2.75, 3.05) is 6.61 Å². The van der Waals surface area contributed by atoms with Gasteiger partial charge in [-0.3, -0.25) is 0 Å². The Morgan fingerprint density at radius 3 is 2.66 bits per heavy atom. The molecule has 0 amide bonds. The quantitative estimate of drug-likeness (QED) is 0.537. The third-order valence-corrected chi connectivity index (χ3v) is 11.5. The second-order valence-corrected chi connectivity index (χ2v) is 12.8. The average Bonchev–Trinajstić information content (AvgIpc) is 3.34.